The number of amides is 1. The van der Waals surface area contributed by atoms with Gasteiger partial charge in [-0.2, -0.15) is 0 Å². The van der Waals surface area contributed by atoms with E-state index >= 15 is 0 Å². The van der Waals surface area contributed by atoms with Gasteiger partial charge in [0.05, 0.1) is 18.5 Å². The summed E-state index contributed by atoms with van der Waals surface area (Å²) in [5, 5.41) is 1.74. The first-order valence-electron chi connectivity index (χ1n) is 10.6. The van der Waals surface area contributed by atoms with E-state index in [1.54, 1.807) is 18.9 Å². The van der Waals surface area contributed by atoms with E-state index in [0.29, 0.717) is 6.54 Å². The fourth-order valence-electron chi connectivity index (χ4n) is 3.53. The van der Waals surface area contributed by atoms with Crippen molar-refractivity contribution in [3.05, 3.63) is 58.0 Å². The minimum absolute atomic E-state index is 0.0463. The maximum absolute atomic E-state index is 13.5. The van der Waals surface area contributed by atoms with Crippen LogP contribution in [0.25, 0.3) is 0 Å². The highest BCUT2D eigenvalue weighted by atomic mass is 32.2. The molecule has 0 unspecified atom stereocenters. The number of carbonyl (C=O) groups is 1. The van der Waals surface area contributed by atoms with Crippen molar-refractivity contribution in [3.63, 3.8) is 0 Å². The number of ether oxygens (including phenoxy) is 1. The second kappa shape index (κ2) is 9.40. The zero-order chi connectivity index (χ0) is 22.0. The third-order valence-electron chi connectivity index (χ3n) is 5.28. The number of nitrogens with zero attached hydrogens (tertiary/aromatic N) is 3. The molecule has 0 saturated carbocycles. The van der Waals surface area contributed by atoms with Crippen LogP contribution in [-0.4, -0.2) is 36.2 Å². The SMILES string of the molecule is CCCCN1C(=O)/C(=C2/Sc3ccc(OC)cc3N2CC)SC1=Nc1ccc(C)cc1. The van der Waals surface area contributed by atoms with E-state index in [2.05, 4.69) is 31.7 Å². The smallest absolute Gasteiger partial charge is 0.269 e. The Bertz CT molecular complexity index is 1050. The van der Waals surface area contributed by atoms with Gasteiger partial charge in [0, 0.05) is 24.1 Å². The molecule has 0 bridgehead atoms. The zero-order valence-corrected chi connectivity index (χ0v) is 20.0. The molecule has 0 aliphatic carbocycles. The van der Waals surface area contributed by atoms with Gasteiger partial charge in [-0.15, -0.1) is 0 Å². The molecule has 1 amide bonds. The molecule has 0 radical (unpaired) electrons. The average Bonchev–Trinajstić information content (AvgIpc) is 3.30. The van der Waals surface area contributed by atoms with Crippen molar-refractivity contribution in [2.45, 2.75) is 38.5 Å². The average molecular weight is 454 g/mol. The van der Waals surface area contributed by atoms with Crippen molar-refractivity contribution >= 4 is 46.0 Å². The zero-order valence-electron chi connectivity index (χ0n) is 18.3. The normalized spacial score (nSPS) is 19.5. The lowest BCUT2D eigenvalue weighted by molar-refractivity contribution is -0.122. The van der Waals surface area contributed by atoms with Gasteiger partial charge >= 0.3 is 0 Å². The molecule has 0 atom stereocenters. The predicted octanol–water partition coefficient (Wildman–Crippen LogP) is 6.17. The molecule has 1 saturated heterocycles. The molecule has 162 valence electrons. The van der Waals surface area contributed by atoms with Gasteiger partial charge in [0.1, 0.15) is 15.7 Å². The first kappa shape index (κ1) is 21.8. The van der Waals surface area contributed by atoms with Gasteiger partial charge in [0.25, 0.3) is 5.91 Å². The molecule has 2 heterocycles. The summed E-state index contributed by atoms with van der Waals surface area (Å²) in [6.45, 7) is 7.76. The van der Waals surface area contributed by atoms with E-state index in [1.165, 1.54) is 17.3 Å². The maximum atomic E-state index is 13.5. The highest BCUT2D eigenvalue weighted by molar-refractivity contribution is 8.19. The summed E-state index contributed by atoms with van der Waals surface area (Å²) >= 11 is 3.14. The number of unbranched alkanes of at least 4 members (excludes halogenated alkanes) is 1. The highest BCUT2D eigenvalue weighted by Crippen LogP contribution is 2.51. The number of methoxy groups -OCH3 is 1. The minimum Gasteiger partial charge on any atom is -0.497 e. The molecule has 4 rings (SSSR count). The van der Waals surface area contributed by atoms with Crippen LogP contribution >= 0.6 is 23.5 Å². The third kappa shape index (κ3) is 4.34. The van der Waals surface area contributed by atoms with Crippen molar-refractivity contribution in [2.24, 2.45) is 4.99 Å². The van der Waals surface area contributed by atoms with Crippen LogP contribution in [-0.2, 0) is 4.79 Å². The number of thioether (sulfide) groups is 2. The largest absolute Gasteiger partial charge is 0.497 e. The second-order valence-corrected chi connectivity index (χ2v) is 9.46. The molecule has 2 aromatic carbocycles. The van der Waals surface area contributed by atoms with Gasteiger partial charge in [-0.05, 0) is 56.3 Å². The van der Waals surface area contributed by atoms with E-state index in [0.717, 1.165) is 56.5 Å². The number of aliphatic imine (C=N–C) groups is 1. The highest BCUT2D eigenvalue weighted by Gasteiger charge is 2.39. The Morgan fingerprint density at radius 1 is 1.03 bits per heavy atom. The van der Waals surface area contributed by atoms with Gasteiger partial charge in [0.2, 0.25) is 0 Å². The van der Waals surface area contributed by atoms with Crippen molar-refractivity contribution < 1.29 is 9.53 Å². The lowest BCUT2D eigenvalue weighted by Crippen LogP contribution is -2.30. The summed E-state index contributed by atoms with van der Waals surface area (Å²) in [6, 6.07) is 14.2. The lowest BCUT2D eigenvalue weighted by atomic mass is 10.2. The summed E-state index contributed by atoms with van der Waals surface area (Å²) in [6.07, 6.45) is 1.98. The Balaban J connectivity index is 1.73. The number of rotatable bonds is 6. The summed E-state index contributed by atoms with van der Waals surface area (Å²) in [5.74, 6) is 0.866. The van der Waals surface area contributed by atoms with E-state index in [4.69, 9.17) is 9.73 Å². The molecule has 0 aromatic heterocycles. The van der Waals surface area contributed by atoms with E-state index in [-0.39, 0.29) is 5.91 Å². The van der Waals surface area contributed by atoms with Crippen molar-refractivity contribution in [2.75, 3.05) is 25.1 Å². The Kier molecular flexibility index (Phi) is 6.62. The van der Waals surface area contributed by atoms with Crippen LogP contribution < -0.4 is 9.64 Å². The maximum Gasteiger partial charge on any atom is 0.269 e. The number of carbonyl (C=O) groups excluding carboxylic acids is 1. The summed E-state index contributed by atoms with van der Waals surface area (Å²) in [5.41, 5.74) is 3.15. The minimum atomic E-state index is 0.0463. The van der Waals surface area contributed by atoms with Crippen LogP contribution in [0.15, 0.2) is 62.3 Å². The molecule has 1 fully saturated rings. The van der Waals surface area contributed by atoms with Crippen molar-refractivity contribution in [1.82, 2.24) is 4.90 Å². The monoisotopic (exact) mass is 453 g/mol. The van der Waals surface area contributed by atoms with E-state index < -0.39 is 0 Å². The number of hydrogen-bond acceptors (Lipinski definition) is 6. The number of benzene rings is 2. The molecule has 2 aliphatic rings. The van der Waals surface area contributed by atoms with Crippen LogP contribution in [0.3, 0.4) is 0 Å². The Labute approximate surface area is 192 Å². The Morgan fingerprint density at radius 3 is 2.48 bits per heavy atom. The molecule has 2 aromatic rings. The molecule has 0 spiro atoms. The first-order valence-corrected chi connectivity index (χ1v) is 12.2. The topological polar surface area (TPSA) is 45.1 Å². The number of fused-ring (bicyclic) bond motifs is 1. The van der Waals surface area contributed by atoms with Gasteiger partial charge in [-0.25, -0.2) is 4.99 Å². The fourth-order valence-corrected chi connectivity index (χ4v) is 5.93. The second-order valence-electron chi connectivity index (χ2n) is 7.46. The summed E-state index contributed by atoms with van der Waals surface area (Å²) in [7, 11) is 1.68. The van der Waals surface area contributed by atoms with Crippen molar-refractivity contribution in [3.8, 4) is 5.75 Å². The van der Waals surface area contributed by atoms with Gasteiger partial charge < -0.3 is 9.64 Å². The molecule has 31 heavy (non-hydrogen) atoms. The van der Waals surface area contributed by atoms with Crippen LogP contribution in [0, 0.1) is 6.92 Å². The van der Waals surface area contributed by atoms with Crippen LogP contribution in [0.5, 0.6) is 5.75 Å². The molecule has 7 heteroatoms. The Hall–Kier alpha value is -2.38. The molecule has 2 aliphatic heterocycles. The molecular formula is C24H27N3O2S2. The molecule has 5 nitrogen and oxygen atoms in total. The van der Waals surface area contributed by atoms with E-state index in [9.17, 15) is 4.79 Å². The van der Waals surface area contributed by atoms with Crippen LogP contribution in [0.4, 0.5) is 11.4 Å². The van der Waals surface area contributed by atoms with Crippen molar-refractivity contribution in [1.29, 1.82) is 0 Å². The van der Waals surface area contributed by atoms with Gasteiger partial charge in [-0.3, -0.25) is 9.69 Å². The fraction of sp³-hybridized carbons (Fsp3) is 0.333. The van der Waals surface area contributed by atoms with Gasteiger partial charge in [-0.1, -0.05) is 42.8 Å². The molecule has 0 N–H and O–H groups in total. The lowest BCUT2D eigenvalue weighted by Gasteiger charge is -2.19. The summed E-state index contributed by atoms with van der Waals surface area (Å²) in [4.78, 5) is 24.3. The van der Waals surface area contributed by atoms with E-state index in [1.807, 2.05) is 41.3 Å². The predicted molar refractivity (Wildman–Crippen MR) is 131 cm³/mol. The quantitative estimate of drug-likeness (QED) is 0.490. The number of amidine groups is 1. The molecular weight excluding hydrogens is 426 g/mol. The first-order chi connectivity index (χ1) is 15.0. The standard InChI is InChI=1S/C24H27N3O2S2/c1-5-7-14-27-22(28)21(31-24(27)25-17-10-8-16(3)9-11-17)23-26(6-2)19-15-18(29-4)12-13-20(19)30-23/h8-13,15H,5-7,14H2,1-4H3/b23-21-,25-24?. The number of hydrogen-bond donors (Lipinski definition) is 0. The van der Waals surface area contributed by atoms with Crippen LogP contribution in [0.2, 0.25) is 0 Å². The summed E-state index contributed by atoms with van der Waals surface area (Å²) < 4.78 is 5.42. The Morgan fingerprint density at radius 2 is 1.81 bits per heavy atom. The van der Waals surface area contributed by atoms with Crippen LogP contribution in [0.1, 0.15) is 32.3 Å². The third-order valence-corrected chi connectivity index (χ3v) is 7.66. The number of aryl methyl sites for hydroxylation is 1. The van der Waals surface area contributed by atoms with Gasteiger partial charge in [0.15, 0.2) is 5.17 Å². The number of anilines is 1.